The average Bonchev–Trinajstić information content (AvgIpc) is 3.08. The Morgan fingerprint density at radius 3 is 2.64 bits per heavy atom. The number of halogens is 2. The quantitative estimate of drug-likeness (QED) is 0.501. The van der Waals surface area contributed by atoms with Crippen LogP contribution >= 0.6 is 0 Å². The van der Waals surface area contributed by atoms with Gasteiger partial charge >= 0.3 is 0 Å². The molecule has 0 aromatic carbocycles. The van der Waals surface area contributed by atoms with Crippen molar-refractivity contribution in [3.05, 3.63) is 78.0 Å². The van der Waals surface area contributed by atoms with Crippen LogP contribution in [0.5, 0.6) is 5.75 Å². The van der Waals surface area contributed by atoms with Crippen molar-refractivity contribution in [3.8, 4) is 23.1 Å². The predicted molar refractivity (Wildman–Crippen MR) is 96.3 cm³/mol. The highest BCUT2D eigenvalue weighted by molar-refractivity contribution is 5.80. The Labute approximate surface area is 158 Å². The van der Waals surface area contributed by atoms with Gasteiger partial charge in [-0.1, -0.05) is 0 Å². The molecule has 0 aliphatic heterocycles. The van der Waals surface area contributed by atoms with E-state index in [-0.39, 0.29) is 5.56 Å². The zero-order valence-electron chi connectivity index (χ0n) is 14.7. The zero-order chi connectivity index (χ0) is 19.7. The molecule has 138 valence electrons. The van der Waals surface area contributed by atoms with Gasteiger partial charge in [0.05, 0.1) is 11.9 Å². The molecule has 1 atom stereocenters. The minimum atomic E-state index is -0.615. The van der Waals surface area contributed by atoms with Gasteiger partial charge < -0.3 is 4.74 Å². The maximum Gasteiger partial charge on any atom is 0.212 e. The second-order valence-corrected chi connectivity index (χ2v) is 6.03. The van der Waals surface area contributed by atoms with Gasteiger partial charge in [0.15, 0.2) is 0 Å². The molecule has 0 spiro atoms. The molecule has 4 rings (SSSR count). The molecule has 0 unspecified atom stereocenters. The van der Waals surface area contributed by atoms with Crippen molar-refractivity contribution in [2.24, 2.45) is 0 Å². The van der Waals surface area contributed by atoms with Crippen LogP contribution in [0.15, 0.2) is 55.0 Å². The second-order valence-electron chi connectivity index (χ2n) is 6.03. The topological polar surface area (TPSA) is 76.1 Å². The molecule has 0 saturated heterocycles. The standard InChI is InChI=1S/C20H13F2N5O/c1-12(16-6-5-14(21)11-24-16)28-17-3-2-8-27-20(17)15(9-23)19(26-27)13-4-7-18(22)25-10-13/h2-8,10-12H,1H3/t12-/m1/s1. The molecule has 6 nitrogen and oxygen atoms in total. The van der Waals surface area contributed by atoms with Crippen LogP contribution in [0.2, 0.25) is 0 Å². The van der Waals surface area contributed by atoms with Crippen LogP contribution in [0.3, 0.4) is 0 Å². The lowest BCUT2D eigenvalue weighted by atomic mass is 10.1. The van der Waals surface area contributed by atoms with E-state index in [4.69, 9.17) is 4.74 Å². The lowest BCUT2D eigenvalue weighted by molar-refractivity contribution is 0.223. The molecule has 0 amide bonds. The third kappa shape index (κ3) is 3.14. The van der Waals surface area contributed by atoms with Crippen molar-refractivity contribution in [1.82, 2.24) is 19.6 Å². The molecule has 0 fully saturated rings. The van der Waals surface area contributed by atoms with E-state index in [9.17, 15) is 14.0 Å². The fraction of sp³-hybridized carbons (Fsp3) is 0.100. The van der Waals surface area contributed by atoms with Gasteiger partial charge in [0.25, 0.3) is 0 Å². The Hall–Kier alpha value is -3.86. The first-order valence-electron chi connectivity index (χ1n) is 8.38. The van der Waals surface area contributed by atoms with Gasteiger partial charge in [0, 0.05) is 18.0 Å². The van der Waals surface area contributed by atoms with E-state index < -0.39 is 17.9 Å². The molecule has 0 aliphatic carbocycles. The highest BCUT2D eigenvalue weighted by Crippen LogP contribution is 2.32. The summed E-state index contributed by atoms with van der Waals surface area (Å²) in [5.41, 5.74) is 2.19. The van der Waals surface area contributed by atoms with Crippen LogP contribution in [0.1, 0.15) is 24.3 Å². The molecule has 0 saturated carbocycles. The first-order chi connectivity index (χ1) is 13.6. The first-order valence-corrected chi connectivity index (χ1v) is 8.38. The third-order valence-corrected chi connectivity index (χ3v) is 4.20. The first kappa shape index (κ1) is 17.5. The smallest absolute Gasteiger partial charge is 0.212 e. The van der Waals surface area contributed by atoms with Crippen molar-refractivity contribution >= 4 is 5.52 Å². The number of hydrogen-bond donors (Lipinski definition) is 0. The number of rotatable bonds is 4. The van der Waals surface area contributed by atoms with Crippen LogP contribution in [0.4, 0.5) is 8.78 Å². The molecule has 0 N–H and O–H groups in total. The fourth-order valence-electron chi connectivity index (χ4n) is 2.87. The molecule has 4 aromatic rings. The lowest BCUT2D eigenvalue weighted by Gasteiger charge is -2.15. The summed E-state index contributed by atoms with van der Waals surface area (Å²) in [5, 5.41) is 14.1. The summed E-state index contributed by atoms with van der Waals surface area (Å²) in [5.74, 6) is -0.625. The number of hydrogen-bond acceptors (Lipinski definition) is 5. The number of fused-ring (bicyclic) bond motifs is 1. The van der Waals surface area contributed by atoms with Crippen LogP contribution in [0.25, 0.3) is 16.8 Å². The highest BCUT2D eigenvalue weighted by atomic mass is 19.1. The van der Waals surface area contributed by atoms with E-state index >= 15 is 0 Å². The number of pyridine rings is 3. The molecule has 0 bridgehead atoms. The van der Waals surface area contributed by atoms with Crippen LogP contribution in [-0.4, -0.2) is 19.6 Å². The summed E-state index contributed by atoms with van der Waals surface area (Å²) in [6, 6.07) is 11.2. The van der Waals surface area contributed by atoms with Crippen molar-refractivity contribution in [2.45, 2.75) is 13.0 Å². The van der Waals surface area contributed by atoms with Gasteiger partial charge in [0.1, 0.15) is 40.5 Å². The van der Waals surface area contributed by atoms with Gasteiger partial charge in [-0.3, -0.25) is 4.98 Å². The van der Waals surface area contributed by atoms with Crippen molar-refractivity contribution in [3.63, 3.8) is 0 Å². The van der Waals surface area contributed by atoms with Crippen LogP contribution in [-0.2, 0) is 0 Å². The maximum absolute atomic E-state index is 13.1. The monoisotopic (exact) mass is 377 g/mol. The normalized spacial score (nSPS) is 11.9. The van der Waals surface area contributed by atoms with E-state index in [0.29, 0.717) is 28.2 Å². The molecular weight excluding hydrogens is 364 g/mol. The Bertz CT molecular complexity index is 1180. The molecule has 4 aromatic heterocycles. The van der Waals surface area contributed by atoms with E-state index in [1.807, 2.05) is 0 Å². The van der Waals surface area contributed by atoms with Gasteiger partial charge in [-0.15, -0.1) is 0 Å². The summed E-state index contributed by atoms with van der Waals surface area (Å²) in [7, 11) is 0. The van der Waals surface area contributed by atoms with E-state index in [2.05, 4.69) is 21.1 Å². The molecular formula is C20H13F2N5O. The van der Waals surface area contributed by atoms with Crippen LogP contribution in [0, 0.1) is 23.1 Å². The summed E-state index contributed by atoms with van der Waals surface area (Å²) in [6.07, 6.45) is 3.65. The minimum absolute atomic E-state index is 0.281. The number of ether oxygens (including phenoxy) is 1. The van der Waals surface area contributed by atoms with E-state index in [1.54, 1.807) is 25.3 Å². The summed E-state index contributed by atoms with van der Waals surface area (Å²) < 4.78 is 33.7. The lowest BCUT2D eigenvalue weighted by Crippen LogP contribution is -2.06. The largest absolute Gasteiger partial charge is 0.482 e. The number of nitrogens with zero attached hydrogens (tertiary/aromatic N) is 5. The van der Waals surface area contributed by atoms with E-state index in [1.165, 1.54) is 35.0 Å². The fourth-order valence-corrected chi connectivity index (χ4v) is 2.87. The Morgan fingerprint density at radius 2 is 1.96 bits per heavy atom. The van der Waals surface area contributed by atoms with Gasteiger partial charge in [-0.2, -0.15) is 14.8 Å². The predicted octanol–water partition coefficient (Wildman–Crippen LogP) is 4.08. The Balaban J connectivity index is 1.78. The minimum Gasteiger partial charge on any atom is -0.482 e. The molecule has 28 heavy (non-hydrogen) atoms. The van der Waals surface area contributed by atoms with Crippen LogP contribution < -0.4 is 4.74 Å². The summed E-state index contributed by atoms with van der Waals surface area (Å²) >= 11 is 0. The molecule has 4 heterocycles. The average molecular weight is 377 g/mol. The van der Waals surface area contributed by atoms with Gasteiger partial charge in [-0.25, -0.2) is 13.9 Å². The second kappa shape index (κ2) is 7.04. The van der Waals surface area contributed by atoms with E-state index in [0.717, 1.165) is 6.20 Å². The Kier molecular flexibility index (Phi) is 4.41. The molecule has 0 aliphatic rings. The van der Waals surface area contributed by atoms with Gasteiger partial charge in [-0.05, 0) is 43.3 Å². The van der Waals surface area contributed by atoms with Crippen molar-refractivity contribution in [1.29, 1.82) is 5.26 Å². The zero-order valence-corrected chi connectivity index (χ0v) is 14.7. The third-order valence-electron chi connectivity index (χ3n) is 4.20. The SMILES string of the molecule is C[C@@H](Oc1cccn2nc(-c3ccc(F)nc3)c(C#N)c12)c1ccc(F)cn1. The molecule has 0 radical (unpaired) electrons. The molecule has 8 heteroatoms. The highest BCUT2D eigenvalue weighted by Gasteiger charge is 2.20. The van der Waals surface area contributed by atoms with Gasteiger partial charge in [0.2, 0.25) is 5.95 Å². The maximum atomic E-state index is 13.1. The summed E-state index contributed by atoms with van der Waals surface area (Å²) in [4.78, 5) is 7.65. The Morgan fingerprint density at radius 1 is 1.11 bits per heavy atom. The van der Waals surface area contributed by atoms with Crippen molar-refractivity contribution < 1.29 is 13.5 Å². The number of nitriles is 1. The van der Waals surface area contributed by atoms with Crippen molar-refractivity contribution in [2.75, 3.05) is 0 Å². The summed E-state index contributed by atoms with van der Waals surface area (Å²) in [6.45, 7) is 1.77. The number of aromatic nitrogens is 4.